The van der Waals surface area contributed by atoms with Crippen molar-refractivity contribution >= 4 is 0 Å². The van der Waals surface area contributed by atoms with Crippen LogP contribution in [0.5, 0.6) is 0 Å². The van der Waals surface area contributed by atoms with Crippen LogP contribution in [0.1, 0.15) is 49.8 Å². The normalized spacial score (nSPS) is 9.82. The van der Waals surface area contributed by atoms with Crippen LogP contribution in [0, 0.1) is 11.8 Å². The third kappa shape index (κ3) is 4.63. The van der Waals surface area contributed by atoms with E-state index in [0.29, 0.717) is 0 Å². The Hall–Kier alpha value is -1.26. The molecule has 0 aromatic heterocycles. The van der Waals surface area contributed by atoms with E-state index in [1.54, 1.807) is 0 Å². The lowest BCUT2D eigenvalue weighted by atomic mass is 10.0. The number of benzene rings is 1. The van der Waals surface area contributed by atoms with Gasteiger partial charge in [0.25, 0.3) is 0 Å². The molecule has 17 heavy (non-hydrogen) atoms. The Balaban J connectivity index is 2.65. The molecule has 92 valence electrons. The van der Waals surface area contributed by atoms with Crippen molar-refractivity contribution in [3.8, 4) is 11.8 Å². The highest BCUT2D eigenvalue weighted by Crippen LogP contribution is 2.13. The minimum Gasteiger partial charge on any atom is -0.330 e. The second-order valence-corrected chi connectivity index (χ2v) is 4.24. The molecular formula is C16H23N. The van der Waals surface area contributed by atoms with Crippen molar-refractivity contribution in [1.82, 2.24) is 0 Å². The van der Waals surface area contributed by atoms with Crippen LogP contribution >= 0.6 is 0 Å². The van der Waals surface area contributed by atoms with E-state index in [4.69, 9.17) is 5.73 Å². The van der Waals surface area contributed by atoms with Crippen molar-refractivity contribution in [1.29, 1.82) is 0 Å². The second-order valence-electron chi connectivity index (χ2n) is 4.24. The lowest BCUT2D eigenvalue weighted by Crippen LogP contribution is -1.97. The molecule has 0 amide bonds. The average Bonchev–Trinajstić information content (AvgIpc) is 2.38. The van der Waals surface area contributed by atoms with Gasteiger partial charge < -0.3 is 5.73 Å². The van der Waals surface area contributed by atoms with Gasteiger partial charge in [-0.25, -0.2) is 0 Å². The zero-order chi connectivity index (χ0) is 12.5. The first-order chi connectivity index (χ1) is 8.31. The van der Waals surface area contributed by atoms with E-state index in [-0.39, 0.29) is 0 Å². The molecule has 1 nitrogen and oxygen atoms in total. The Bertz CT molecular complexity index is 396. The average molecular weight is 229 g/mol. The Morgan fingerprint density at radius 2 is 1.82 bits per heavy atom. The van der Waals surface area contributed by atoms with Gasteiger partial charge in [-0.15, -0.1) is 0 Å². The molecule has 0 aliphatic carbocycles. The molecule has 0 saturated carbocycles. The van der Waals surface area contributed by atoms with Crippen LogP contribution in [-0.4, -0.2) is 6.54 Å². The number of unbranched alkanes of at least 4 members (excludes halogenated alkanes) is 2. The van der Waals surface area contributed by atoms with E-state index in [1.807, 2.05) is 0 Å². The van der Waals surface area contributed by atoms with Gasteiger partial charge in [0.2, 0.25) is 0 Å². The molecule has 0 bridgehead atoms. The fraction of sp³-hybridized carbons (Fsp3) is 0.500. The Kier molecular flexibility index (Phi) is 6.43. The van der Waals surface area contributed by atoms with Gasteiger partial charge in [-0.2, -0.15) is 0 Å². The van der Waals surface area contributed by atoms with Gasteiger partial charge in [-0.05, 0) is 55.5 Å². The summed E-state index contributed by atoms with van der Waals surface area (Å²) >= 11 is 0. The largest absolute Gasteiger partial charge is 0.330 e. The minimum atomic E-state index is 0.771. The molecule has 0 heterocycles. The van der Waals surface area contributed by atoms with Crippen molar-refractivity contribution < 1.29 is 0 Å². The summed E-state index contributed by atoms with van der Waals surface area (Å²) < 4.78 is 0. The number of rotatable bonds is 5. The molecule has 0 radical (unpaired) electrons. The molecule has 1 aromatic carbocycles. The van der Waals surface area contributed by atoms with Gasteiger partial charge in [-0.3, -0.25) is 0 Å². The highest BCUT2D eigenvalue weighted by Gasteiger charge is 1.98. The molecular weight excluding hydrogens is 206 g/mol. The predicted molar refractivity (Wildman–Crippen MR) is 75.0 cm³/mol. The van der Waals surface area contributed by atoms with Crippen LogP contribution < -0.4 is 5.73 Å². The van der Waals surface area contributed by atoms with Crippen LogP contribution in [0.3, 0.4) is 0 Å². The Labute approximate surface area is 105 Å². The zero-order valence-corrected chi connectivity index (χ0v) is 11.1. The van der Waals surface area contributed by atoms with E-state index in [0.717, 1.165) is 44.2 Å². The topological polar surface area (TPSA) is 26.0 Å². The van der Waals surface area contributed by atoms with Gasteiger partial charge in [0, 0.05) is 12.0 Å². The number of aryl methyl sites for hydroxylation is 2. The van der Waals surface area contributed by atoms with Crippen molar-refractivity contribution in [3.63, 3.8) is 0 Å². The standard InChI is InChI=1S/C16H23N/c1-3-15-11-10-14(13-16(15)4-2)9-7-5-6-8-12-17/h10-11,13H,3-6,8,12,17H2,1-2H3. The Morgan fingerprint density at radius 1 is 1.06 bits per heavy atom. The molecule has 1 heteroatoms. The SMILES string of the molecule is CCc1ccc(C#CCCCCN)cc1CC. The van der Waals surface area contributed by atoms with E-state index in [2.05, 4.69) is 43.9 Å². The smallest absolute Gasteiger partial charge is 0.0248 e. The van der Waals surface area contributed by atoms with E-state index in [1.165, 1.54) is 11.1 Å². The van der Waals surface area contributed by atoms with Gasteiger partial charge >= 0.3 is 0 Å². The summed E-state index contributed by atoms with van der Waals surface area (Å²) in [5.74, 6) is 6.46. The van der Waals surface area contributed by atoms with E-state index < -0.39 is 0 Å². The molecule has 0 atom stereocenters. The molecule has 0 aliphatic heterocycles. The van der Waals surface area contributed by atoms with Crippen LogP contribution in [-0.2, 0) is 12.8 Å². The molecule has 1 aromatic rings. The third-order valence-electron chi connectivity index (χ3n) is 2.96. The molecule has 1 rings (SSSR count). The first-order valence-electron chi connectivity index (χ1n) is 6.62. The maximum absolute atomic E-state index is 5.44. The summed E-state index contributed by atoms with van der Waals surface area (Å²) in [6.07, 6.45) is 5.33. The van der Waals surface area contributed by atoms with Crippen LogP contribution in [0.2, 0.25) is 0 Å². The fourth-order valence-electron chi connectivity index (χ4n) is 1.90. The third-order valence-corrected chi connectivity index (χ3v) is 2.96. The maximum Gasteiger partial charge on any atom is 0.0248 e. The molecule has 0 fully saturated rings. The Morgan fingerprint density at radius 3 is 2.47 bits per heavy atom. The monoisotopic (exact) mass is 229 g/mol. The van der Waals surface area contributed by atoms with Crippen molar-refractivity contribution in [2.75, 3.05) is 6.54 Å². The molecule has 0 saturated heterocycles. The van der Waals surface area contributed by atoms with Crippen molar-refractivity contribution in [3.05, 3.63) is 34.9 Å². The van der Waals surface area contributed by atoms with Crippen molar-refractivity contribution in [2.24, 2.45) is 5.73 Å². The molecule has 0 spiro atoms. The first kappa shape index (κ1) is 13.8. The lowest BCUT2D eigenvalue weighted by molar-refractivity contribution is 0.768. The minimum absolute atomic E-state index is 0.771. The molecule has 0 aliphatic rings. The summed E-state index contributed by atoms with van der Waals surface area (Å²) in [5, 5.41) is 0. The predicted octanol–water partition coefficient (Wildman–Crippen LogP) is 3.29. The van der Waals surface area contributed by atoms with Gasteiger partial charge in [0.1, 0.15) is 0 Å². The molecule has 0 unspecified atom stereocenters. The van der Waals surface area contributed by atoms with Crippen LogP contribution in [0.15, 0.2) is 18.2 Å². The fourth-order valence-corrected chi connectivity index (χ4v) is 1.90. The lowest BCUT2D eigenvalue weighted by Gasteiger charge is -2.05. The van der Waals surface area contributed by atoms with Gasteiger partial charge in [0.15, 0.2) is 0 Å². The van der Waals surface area contributed by atoms with Gasteiger partial charge in [-0.1, -0.05) is 31.8 Å². The first-order valence-corrected chi connectivity index (χ1v) is 6.62. The number of nitrogens with two attached hydrogens (primary N) is 1. The van der Waals surface area contributed by atoms with Crippen molar-refractivity contribution in [2.45, 2.75) is 46.0 Å². The summed E-state index contributed by atoms with van der Waals surface area (Å²) in [5.41, 5.74) is 9.47. The van der Waals surface area contributed by atoms with E-state index in [9.17, 15) is 0 Å². The summed E-state index contributed by atoms with van der Waals surface area (Å²) in [4.78, 5) is 0. The van der Waals surface area contributed by atoms with Crippen LogP contribution in [0.25, 0.3) is 0 Å². The molecule has 2 N–H and O–H groups in total. The highest BCUT2D eigenvalue weighted by atomic mass is 14.5. The van der Waals surface area contributed by atoms with E-state index >= 15 is 0 Å². The maximum atomic E-state index is 5.44. The van der Waals surface area contributed by atoms with Gasteiger partial charge in [0.05, 0.1) is 0 Å². The summed E-state index contributed by atoms with van der Waals surface area (Å²) in [7, 11) is 0. The summed E-state index contributed by atoms with van der Waals surface area (Å²) in [6, 6.07) is 6.57. The number of hydrogen-bond acceptors (Lipinski definition) is 1. The second kappa shape index (κ2) is 7.92. The summed E-state index contributed by atoms with van der Waals surface area (Å²) in [6.45, 7) is 5.17. The highest BCUT2D eigenvalue weighted by molar-refractivity contribution is 5.41. The zero-order valence-electron chi connectivity index (χ0n) is 11.1. The quantitative estimate of drug-likeness (QED) is 0.608. The van der Waals surface area contributed by atoms with Crippen LogP contribution in [0.4, 0.5) is 0 Å². The number of hydrogen-bond donors (Lipinski definition) is 1.